The van der Waals surface area contributed by atoms with Crippen molar-refractivity contribution in [2.75, 3.05) is 18.5 Å². The van der Waals surface area contributed by atoms with Gasteiger partial charge in [-0.2, -0.15) is 4.98 Å². The van der Waals surface area contributed by atoms with Gasteiger partial charge in [-0.05, 0) is 31.9 Å². The first kappa shape index (κ1) is 14.0. The largest absolute Gasteiger partial charge is 0.378 e. The molecule has 7 nitrogen and oxygen atoms in total. The topological polar surface area (TPSA) is 90.2 Å². The predicted octanol–water partition coefficient (Wildman–Crippen LogP) is 2.18. The number of nitro groups is 1. The van der Waals surface area contributed by atoms with E-state index in [1.54, 1.807) is 0 Å². The Morgan fingerprint density at radius 1 is 1.58 bits per heavy atom. The lowest BCUT2D eigenvalue weighted by atomic mass is 10.0. The van der Waals surface area contributed by atoms with Gasteiger partial charge in [-0.15, -0.1) is 0 Å². The Labute approximate surface area is 115 Å². The zero-order chi connectivity index (χ0) is 14.0. The SMILES string of the molecule is Cc1nc(Cl)nc(NCC2CCOC2C)c1[N+](=O)[O-]. The van der Waals surface area contributed by atoms with Crippen molar-refractivity contribution in [2.24, 2.45) is 5.92 Å². The fourth-order valence-corrected chi connectivity index (χ4v) is 2.36. The summed E-state index contributed by atoms with van der Waals surface area (Å²) in [6.07, 6.45) is 1.07. The standard InChI is InChI=1S/C11H15ClN4O3/c1-6-9(16(17)18)10(15-11(12)14-6)13-5-8-3-4-19-7(8)2/h7-8H,3-5H2,1-2H3,(H,13,14,15). The molecule has 0 bridgehead atoms. The number of nitrogens with zero attached hydrogens (tertiary/aromatic N) is 3. The van der Waals surface area contributed by atoms with Crippen LogP contribution in [0.2, 0.25) is 5.28 Å². The second kappa shape index (κ2) is 5.66. The van der Waals surface area contributed by atoms with Gasteiger partial charge >= 0.3 is 5.69 Å². The van der Waals surface area contributed by atoms with Crippen LogP contribution in [0.15, 0.2) is 0 Å². The van der Waals surface area contributed by atoms with E-state index in [0.717, 1.165) is 13.0 Å². The van der Waals surface area contributed by atoms with Gasteiger partial charge in [0.05, 0.1) is 11.0 Å². The van der Waals surface area contributed by atoms with Crippen LogP contribution in [0.5, 0.6) is 0 Å². The highest BCUT2D eigenvalue weighted by atomic mass is 35.5. The lowest BCUT2D eigenvalue weighted by Crippen LogP contribution is -2.21. The summed E-state index contributed by atoms with van der Waals surface area (Å²) in [5, 5.41) is 14.0. The average Bonchev–Trinajstić information content (AvgIpc) is 2.70. The maximum Gasteiger partial charge on any atom is 0.332 e. The van der Waals surface area contributed by atoms with E-state index >= 15 is 0 Å². The van der Waals surface area contributed by atoms with Crippen molar-refractivity contribution in [3.05, 3.63) is 21.1 Å². The number of nitrogens with one attached hydrogen (secondary N) is 1. The number of halogens is 1. The maximum atomic E-state index is 11.0. The molecule has 1 aromatic rings. The Balaban J connectivity index is 2.17. The number of hydrogen-bond donors (Lipinski definition) is 1. The van der Waals surface area contributed by atoms with Gasteiger partial charge < -0.3 is 10.1 Å². The molecule has 2 rings (SSSR count). The molecule has 0 aromatic carbocycles. The molecule has 1 fully saturated rings. The monoisotopic (exact) mass is 286 g/mol. The zero-order valence-electron chi connectivity index (χ0n) is 10.7. The van der Waals surface area contributed by atoms with Crippen molar-refractivity contribution in [3.63, 3.8) is 0 Å². The zero-order valence-corrected chi connectivity index (χ0v) is 11.5. The van der Waals surface area contributed by atoms with E-state index in [4.69, 9.17) is 16.3 Å². The molecule has 1 N–H and O–H groups in total. The second-order valence-corrected chi connectivity index (χ2v) is 4.88. The minimum atomic E-state index is -0.497. The van der Waals surface area contributed by atoms with Gasteiger partial charge in [0.2, 0.25) is 11.1 Å². The van der Waals surface area contributed by atoms with E-state index in [1.807, 2.05) is 6.92 Å². The van der Waals surface area contributed by atoms with Crippen molar-refractivity contribution < 1.29 is 9.66 Å². The highest BCUT2D eigenvalue weighted by Crippen LogP contribution is 2.28. The van der Waals surface area contributed by atoms with Gasteiger partial charge in [-0.25, -0.2) is 4.98 Å². The van der Waals surface area contributed by atoms with E-state index in [1.165, 1.54) is 6.92 Å². The number of anilines is 1. The first-order valence-electron chi connectivity index (χ1n) is 6.03. The van der Waals surface area contributed by atoms with Crippen molar-refractivity contribution >= 4 is 23.1 Å². The van der Waals surface area contributed by atoms with E-state index in [9.17, 15) is 10.1 Å². The summed E-state index contributed by atoms with van der Waals surface area (Å²) in [5.41, 5.74) is 0.124. The summed E-state index contributed by atoms with van der Waals surface area (Å²) in [6, 6.07) is 0. The number of aryl methyl sites for hydroxylation is 1. The lowest BCUT2D eigenvalue weighted by molar-refractivity contribution is -0.385. The summed E-state index contributed by atoms with van der Waals surface area (Å²) in [5.74, 6) is 0.482. The first-order chi connectivity index (χ1) is 8.99. The van der Waals surface area contributed by atoms with E-state index in [2.05, 4.69) is 15.3 Å². The normalized spacial score (nSPS) is 22.5. The summed E-state index contributed by atoms with van der Waals surface area (Å²) in [7, 11) is 0. The smallest absolute Gasteiger partial charge is 0.332 e. The average molecular weight is 287 g/mol. The fraction of sp³-hybridized carbons (Fsp3) is 0.636. The summed E-state index contributed by atoms with van der Waals surface area (Å²) >= 11 is 5.74. The Kier molecular flexibility index (Phi) is 4.16. The van der Waals surface area contributed by atoms with Crippen LogP contribution in [0.4, 0.5) is 11.5 Å². The summed E-state index contributed by atoms with van der Waals surface area (Å²) < 4.78 is 5.45. The molecular weight excluding hydrogens is 272 g/mol. The van der Waals surface area contributed by atoms with Crippen molar-refractivity contribution in [1.29, 1.82) is 0 Å². The van der Waals surface area contributed by atoms with E-state index in [0.29, 0.717) is 12.5 Å². The first-order valence-corrected chi connectivity index (χ1v) is 6.41. The third kappa shape index (κ3) is 3.10. The number of aromatic nitrogens is 2. The minimum absolute atomic E-state index is 0.00122. The highest BCUT2D eigenvalue weighted by molar-refractivity contribution is 6.28. The van der Waals surface area contributed by atoms with Crippen LogP contribution >= 0.6 is 11.6 Å². The van der Waals surface area contributed by atoms with Crippen LogP contribution in [-0.4, -0.2) is 34.1 Å². The van der Waals surface area contributed by atoms with Gasteiger partial charge in [0.15, 0.2) is 0 Å². The van der Waals surface area contributed by atoms with Crippen molar-refractivity contribution in [3.8, 4) is 0 Å². The van der Waals surface area contributed by atoms with Crippen molar-refractivity contribution in [1.82, 2.24) is 9.97 Å². The molecule has 1 aromatic heterocycles. The van der Waals surface area contributed by atoms with E-state index < -0.39 is 4.92 Å². The van der Waals surface area contributed by atoms with Crippen LogP contribution < -0.4 is 5.32 Å². The van der Waals surface area contributed by atoms with Crippen LogP contribution in [-0.2, 0) is 4.74 Å². The van der Waals surface area contributed by atoms with Gasteiger partial charge in [0.25, 0.3) is 0 Å². The quantitative estimate of drug-likeness (QED) is 0.518. The Morgan fingerprint density at radius 3 is 2.89 bits per heavy atom. The molecule has 2 heterocycles. The molecule has 2 unspecified atom stereocenters. The summed E-state index contributed by atoms with van der Waals surface area (Å²) in [4.78, 5) is 18.2. The lowest BCUT2D eigenvalue weighted by Gasteiger charge is -2.15. The minimum Gasteiger partial charge on any atom is -0.378 e. The number of rotatable bonds is 4. The molecule has 0 saturated carbocycles. The second-order valence-electron chi connectivity index (χ2n) is 4.54. The third-order valence-corrected chi connectivity index (χ3v) is 3.45. The molecule has 0 radical (unpaired) electrons. The van der Waals surface area contributed by atoms with Gasteiger partial charge in [-0.3, -0.25) is 10.1 Å². The number of ether oxygens (including phenoxy) is 1. The summed E-state index contributed by atoms with van der Waals surface area (Å²) in [6.45, 7) is 4.82. The molecule has 1 aliphatic rings. The van der Waals surface area contributed by atoms with Crippen LogP contribution in [0, 0.1) is 23.0 Å². The molecule has 2 atom stereocenters. The van der Waals surface area contributed by atoms with Crippen molar-refractivity contribution in [2.45, 2.75) is 26.4 Å². The Morgan fingerprint density at radius 2 is 2.32 bits per heavy atom. The fourth-order valence-electron chi connectivity index (χ4n) is 2.15. The highest BCUT2D eigenvalue weighted by Gasteiger charge is 2.26. The maximum absolute atomic E-state index is 11.0. The molecule has 8 heteroatoms. The Hall–Kier alpha value is -1.47. The molecule has 19 heavy (non-hydrogen) atoms. The van der Waals surface area contributed by atoms with Crippen LogP contribution in [0.3, 0.4) is 0 Å². The van der Waals surface area contributed by atoms with E-state index in [-0.39, 0.29) is 28.6 Å². The molecule has 0 amide bonds. The van der Waals surface area contributed by atoms with Gasteiger partial charge in [-0.1, -0.05) is 0 Å². The predicted molar refractivity (Wildman–Crippen MR) is 70.4 cm³/mol. The number of hydrogen-bond acceptors (Lipinski definition) is 6. The molecular formula is C11H15ClN4O3. The van der Waals surface area contributed by atoms with Crippen LogP contribution in [0.25, 0.3) is 0 Å². The Bertz CT molecular complexity index is 497. The molecule has 104 valence electrons. The van der Waals surface area contributed by atoms with Crippen LogP contribution in [0.1, 0.15) is 19.0 Å². The third-order valence-electron chi connectivity index (χ3n) is 3.28. The molecule has 0 spiro atoms. The molecule has 0 aliphatic carbocycles. The molecule has 1 saturated heterocycles. The van der Waals surface area contributed by atoms with Gasteiger partial charge in [0.1, 0.15) is 5.69 Å². The molecule has 1 aliphatic heterocycles. The van der Waals surface area contributed by atoms with Gasteiger partial charge in [0, 0.05) is 19.1 Å².